The van der Waals surface area contributed by atoms with E-state index in [0.29, 0.717) is 41.3 Å². The molecule has 4 aromatic rings. The largest absolute Gasteiger partial charge is 0.504 e. The fourth-order valence-electron chi connectivity index (χ4n) is 5.58. The van der Waals surface area contributed by atoms with Crippen molar-refractivity contribution in [2.24, 2.45) is 0 Å². The molecule has 0 aliphatic carbocycles. The van der Waals surface area contributed by atoms with E-state index in [9.17, 15) is 9.59 Å². The number of hydrogen-bond donors (Lipinski definition) is 1. The standard InChI is InChI=1S/C21H26N2O3.C8H8Br2.C8H8O3.C6H13N.2CH4/c1-22-9-11-23(12-10-22)14-17-3-5-18(6-4-17)16-26-20-8-7-19(15-24)13-21(20)25-2;9-5-7-1-2-8(6-10)4-3-7;1-11-8-4-6(5-9)2-3-7(8)10;1-7-5-3-2-4-6-7;;/h3-8,13,15H,9-12,14,16H2,1-2H3;1-4H,5-6H2;2-5,10H,1H3;2-6H2,1H3;2*1H4. The van der Waals surface area contributed by atoms with Crippen LogP contribution in [-0.2, 0) is 23.8 Å². The van der Waals surface area contributed by atoms with Gasteiger partial charge in [0.05, 0.1) is 14.2 Å². The van der Waals surface area contributed by atoms with E-state index in [1.807, 2.05) is 0 Å². The summed E-state index contributed by atoms with van der Waals surface area (Å²) in [6, 6.07) is 26.7. The van der Waals surface area contributed by atoms with E-state index in [0.717, 1.165) is 55.2 Å². The van der Waals surface area contributed by atoms with Gasteiger partial charge in [-0.1, -0.05) is 102 Å². The van der Waals surface area contributed by atoms with Gasteiger partial charge in [-0.05, 0) is 98.7 Å². The van der Waals surface area contributed by atoms with Crippen LogP contribution in [0, 0.1) is 0 Å². The van der Waals surface area contributed by atoms with Crippen LogP contribution in [0.3, 0.4) is 0 Å². The maximum Gasteiger partial charge on any atom is 0.161 e. The number of nitrogens with zero attached hydrogens (tertiary/aromatic N) is 3. The van der Waals surface area contributed by atoms with Crippen LogP contribution in [0.5, 0.6) is 23.0 Å². The molecule has 0 saturated carbocycles. The number of phenolic OH excluding ortho intramolecular Hbond substituents is 1. The van der Waals surface area contributed by atoms with Crippen LogP contribution in [0.25, 0.3) is 0 Å². The summed E-state index contributed by atoms with van der Waals surface area (Å²) in [6.07, 6.45) is 5.77. The number of phenols is 1. The van der Waals surface area contributed by atoms with E-state index in [2.05, 4.69) is 109 Å². The van der Waals surface area contributed by atoms with Gasteiger partial charge in [-0.3, -0.25) is 14.5 Å². The van der Waals surface area contributed by atoms with Gasteiger partial charge in [0.1, 0.15) is 19.2 Å². The Morgan fingerprint density at radius 1 is 0.589 bits per heavy atom. The summed E-state index contributed by atoms with van der Waals surface area (Å²) in [5.41, 5.74) is 6.14. The highest BCUT2D eigenvalue weighted by Crippen LogP contribution is 2.28. The summed E-state index contributed by atoms with van der Waals surface area (Å²) in [5.74, 6) is 1.56. The number of ether oxygens (including phenoxy) is 3. The van der Waals surface area contributed by atoms with Crippen molar-refractivity contribution in [2.75, 3.05) is 67.6 Å². The zero-order valence-electron chi connectivity index (χ0n) is 32.0. The van der Waals surface area contributed by atoms with Gasteiger partial charge < -0.3 is 29.1 Å². The highest BCUT2D eigenvalue weighted by atomic mass is 79.9. The second-order valence-corrected chi connectivity index (χ2v) is 14.3. The van der Waals surface area contributed by atoms with E-state index >= 15 is 0 Å². The van der Waals surface area contributed by atoms with Gasteiger partial charge in [0.25, 0.3) is 0 Å². The molecule has 9 nitrogen and oxygen atoms in total. The maximum absolute atomic E-state index is 10.9. The molecule has 2 aliphatic rings. The molecule has 0 unspecified atom stereocenters. The third-order valence-electron chi connectivity index (χ3n) is 8.99. The number of piperazine rings is 1. The van der Waals surface area contributed by atoms with Crippen molar-refractivity contribution >= 4 is 44.4 Å². The minimum absolute atomic E-state index is 0. The average molecular weight is 902 g/mol. The molecule has 11 heteroatoms. The first-order valence-corrected chi connectivity index (χ1v) is 20.4. The number of aromatic hydroxyl groups is 1. The van der Waals surface area contributed by atoms with Crippen LogP contribution < -0.4 is 14.2 Å². The van der Waals surface area contributed by atoms with Crippen LogP contribution in [0.4, 0.5) is 0 Å². The molecule has 6 rings (SSSR count). The monoisotopic (exact) mass is 899 g/mol. The smallest absolute Gasteiger partial charge is 0.161 e. The van der Waals surface area contributed by atoms with Crippen molar-refractivity contribution in [1.29, 1.82) is 0 Å². The number of likely N-dealkylation sites (N-methyl/N-ethyl adjacent to an activating group) is 1. The van der Waals surface area contributed by atoms with E-state index in [-0.39, 0.29) is 20.6 Å². The highest BCUT2D eigenvalue weighted by Gasteiger charge is 2.14. The third-order valence-corrected chi connectivity index (χ3v) is 10.3. The summed E-state index contributed by atoms with van der Waals surface area (Å²) < 4.78 is 15.9. The van der Waals surface area contributed by atoms with Crippen molar-refractivity contribution in [3.8, 4) is 23.0 Å². The number of alkyl halides is 2. The van der Waals surface area contributed by atoms with Gasteiger partial charge in [0, 0.05) is 54.5 Å². The van der Waals surface area contributed by atoms with E-state index < -0.39 is 0 Å². The molecule has 0 bridgehead atoms. The van der Waals surface area contributed by atoms with E-state index in [4.69, 9.17) is 19.3 Å². The fraction of sp³-hybridized carbons (Fsp3) is 0.422. The van der Waals surface area contributed by atoms with Gasteiger partial charge in [0.2, 0.25) is 0 Å². The molecule has 2 saturated heterocycles. The van der Waals surface area contributed by atoms with Crippen LogP contribution >= 0.6 is 31.9 Å². The van der Waals surface area contributed by atoms with Gasteiger partial charge in [-0.15, -0.1) is 0 Å². The molecule has 56 heavy (non-hydrogen) atoms. The van der Waals surface area contributed by atoms with E-state index in [1.54, 1.807) is 25.3 Å². The Morgan fingerprint density at radius 2 is 1.05 bits per heavy atom. The number of piperidine rings is 1. The number of rotatable bonds is 11. The maximum atomic E-state index is 10.9. The predicted molar refractivity (Wildman–Crippen MR) is 238 cm³/mol. The lowest BCUT2D eigenvalue weighted by Gasteiger charge is -2.32. The number of halogens is 2. The Hall–Kier alpha value is -3.74. The molecule has 0 aromatic heterocycles. The number of hydrogen-bond acceptors (Lipinski definition) is 9. The van der Waals surface area contributed by atoms with Gasteiger partial charge >= 0.3 is 0 Å². The minimum atomic E-state index is 0. The summed E-state index contributed by atoms with van der Waals surface area (Å²) in [6.45, 7) is 8.62. The molecule has 2 aliphatic heterocycles. The predicted octanol–water partition coefficient (Wildman–Crippen LogP) is 9.90. The lowest BCUT2D eigenvalue weighted by atomic mass is 10.1. The number of aldehydes is 2. The first-order chi connectivity index (χ1) is 26.2. The average Bonchev–Trinajstić information content (AvgIpc) is 3.22. The minimum Gasteiger partial charge on any atom is -0.504 e. The molecule has 2 heterocycles. The first-order valence-electron chi connectivity index (χ1n) is 18.2. The molecular formula is C45H63Br2N3O6. The van der Waals surface area contributed by atoms with Crippen LogP contribution in [0.15, 0.2) is 84.9 Å². The van der Waals surface area contributed by atoms with E-state index in [1.165, 1.54) is 74.4 Å². The molecular weight excluding hydrogens is 838 g/mol. The molecule has 0 radical (unpaired) electrons. The molecule has 4 aromatic carbocycles. The Kier molecular flexibility index (Phi) is 25.7. The van der Waals surface area contributed by atoms with Gasteiger partial charge in [-0.25, -0.2) is 0 Å². The molecule has 1 N–H and O–H groups in total. The second kappa shape index (κ2) is 28.6. The Bertz CT molecular complexity index is 1640. The normalized spacial score (nSPS) is 14.0. The van der Waals surface area contributed by atoms with Crippen molar-refractivity contribution in [3.63, 3.8) is 0 Å². The quantitative estimate of drug-likeness (QED) is 0.117. The van der Waals surface area contributed by atoms with Crippen LogP contribution in [0.2, 0.25) is 0 Å². The van der Waals surface area contributed by atoms with Crippen molar-refractivity contribution < 1.29 is 28.9 Å². The zero-order chi connectivity index (χ0) is 39.1. The summed E-state index contributed by atoms with van der Waals surface area (Å²) >= 11 is 6.78. The lowest BCUT2D eigenvalue weighted by Crippen LogP contribution is -2.43. The number of carbonyl (C=O) groups excluding carboxylic acids is 2. The second-order valence-electron chi connectivity index (χ2n) is 13.2. The first kappa shape index (κ1) is 50.3. The SMILES string of the molecule is BrCc1ccc(CBr)cc1.C.C.CN1CCCCC1.COc1cc(C=O)ccc1O.COc1cc(C=O)ccc1OCc1ccc(CN2CCN(C)CC2)cc1. The van der Waals surface area contributed by atoms with Crippen molar-refractivity contribution in [1.82, 2.24) is 14.7 Å². The van der Waals surface area contributed by atoms with Crippen molar-refractivity contribution in [3.05, 3.63) is 118 Å². The van der Waals surface area contributed by atoms with Gasteiger partial charge in [0.15, 0.2) is 23.0 Å². The molecule has 0 amide bonds. The Balaban J connectivity index is 0.000000431. The number of methoxy groups -OCH3 is 2. The number of benzene rings is 4. The molecule has 0 atom stereocenters. The third kappa shape index (κ3) is 18.5. The summed E-state index contributed by atoms with van der Waals surface area (Å²) in [5, 5.41) is 11.0. The topological polar surface area (TPSA) is 91.8 Å². The number of carbonyl (C=O) groups is 2. The lowest BCUT2D eigenvalue weighted by molar-refractivity contribution is 0.111. The number of likely N-dealkylation sites (tertiary alicyclic amines) is 1. The summed E-state index contributed by atoms with van der Waals surface area (Å²) in [7, 11) is 7.38. The Morgan fingerprint density at radius 3 is 1.52 bits per heavy atom. The molecule has 0 spiro atoms. The van der Waals surface area contributed by atoms with Crippen molar-refractivity contribution in [2.45, 2.75) is 57.9 Å². The highest BCUT2D eigenvalue weighted by molar-refractivity contribution is 9.08. The Labute approximate surface area is 353 Å². The zero-order valence-corrected chi connectivity index (χ0v) is 35.2. The molecule has 308 valence electrons. The fourth-order valence-corrected chi connectivity index (χ4v) is 6.33. The van der Waals surface area contributed by atoms with Gasteiger partial charge in [-0.2, -0.15) is 0 Å². The van der Waals surface area contributed by atoms with Crippen LogP contribution in [-0.4, -0.2) is 100.0 Å². The van der Waals surface area contributed by atoms with Crippen LogP contribution in [0.1, 0.15) is 77.1 Å². The molecule has 2 fully saturated rings. The summed E-state index contributed by atoms with van der Waals surface area (Å²) in [4.78, 5) is 28.4.